The molecule has 19 heavy (non-hydrogen) atoms. The maximum atomic E-state index is 12.4. The van der Waals surface area contributed by atoms with Crippen LogP contribution in [0.25, 0.3) is 0 Å². The van der Waals surface area contributed by atoms with Crippen molar-refractivity contribution in [3.05, 3.63) is 18.2 Å². The molecule has 0 spiro atoms. The van der Waals surface area contributed by atoms with E-state index < -0.39 is 12.7 Å². The maximum absolute atomic E-state index is 12.4. The summed E-state index contributed by atoms with van der Waals surface area (Å²) in [6.45, 7) is 4.32. The molecule has 1 aromatic heterocycles. The third kappa shape index (κ3) is 3.94. The van der Waals surface area contributed by atoms with Crippen molar-refractivity contribution in [2.24, 2.45) is 0 Å². The minimum absolute atomic E-state index is 0.329. The summed E-state index contributed by atoms with van der Waals surface area (Å²) in [5, 5.41) is 0. The van der Waals surface area contributed by atoms with Gasteiger partial charge in [0.05, 0.1) is 6.54 Å². The molecule has 1 aliphatic heterocycles. The number of hydrogen-bond donors (Lipinski definition) is 0. The van der Waals surface area contributed by atoms with Crippen molar-refractivity contribution in [2.45, 2.75) is 32.2 Å². The highest BCUT2D eigenvalue weighted by Crippen LogP contribution is 2.19. The molecular formula is C12H19F3N4. The van der Waals surface area contributed by atoms with E-state index in [4.69, 9.17) is 0 Å². The van der Waals surface area contributed by atoms with Gasteiger partial charge in [-0.3, -0.25) is 4.90 Å². The van der Waals surface area contributed by atoms with Gasteiger partial charge in [0.2, 0.25) is 0 Å². The van der Waals surface area contributed by atoms with Gasteiger partial charge in [-0.1, -0.05) is 0 Å². The highest BCUT2D eigenvalue weighted by molar-refractivity contribution is 4.94. The largest absolute Gasteiger partial charge is 0.406 e. The average Bonchev–Trinajstić information content (AvgIpc) is 2.67. The van der Waals surface area contributed by atoms with Gasteiger partial charge >= 0.3 is 6.18 Å². The number of halogens is 3. The van der Waals surface area contributed by atoms with Crippen LogP contribution in [0.1, 0.15) is 12.7 Å². The fourth-order valence-electron chi connectivity index (χ4n) is 2.42. The molecule has 2 heterocycles. The minimum atomic E-state index is -4.21. The first-order valence-corrected chi connectivity index (χ1v) is 6.34. The van der Waals surface area contributed by atoms with Gasteiger partial charge in [0.15, 0.2) is 0 Å². The molecule has 7 heteroatoms. The Hall–Kier alpha value is -1.08. The summed E-state index contributed by atoms with van der Waals surface area (Å²) in [5.41, 5.74) is 0. The number of nitrogens with zero attached hydrogens (tertiary/aromatic N) is 4. The molecule has 0 saturated carbocycles. The van der Waals surface area contributed by atoms with E-state index in [0.717, 1.165) is 19.6 Å². The first-order valence-electron chi connectivity index (χ1n) is 6.34. The molecule has 1 aromatic rings. The molecule has 1 fully saturated rings. The molecular weight excluding hydrogens is 257 g/mol. The molecule has 0 bridgehead atoms. The molecule has 0 amide bonds. The summed E-state index contributed by atoms with van der Waals surface area (Å²) < 4.78 is 38.5. The van der Waals surface area contributed by atoms with Crippen molar-refractivity contribution in [3.63, 3.8) is 0 Å². The number of imidazole rings is 1. The molecule has 2 rings (SSSR count). The number of aromatic nitrogens is 2. The predicted octanol–water partition coefficient (Wildman–Crippen LogP) is 1.58. The number of rotatable bonds is 3. The van der Waals surface area contributed by atoms with Crippen LogP contribution in [0.2, 0.25) is 0 Å². The van der Waals surface area contributed by atoms with Crippen LogP contribution in [0.5, 0.6) is 0 Å². The fourth-order valence-corrected chi connectivity index (χ4v) is 2.42. The van der Waals surface area contributed by atoms with E-state index in [9.17, 15) is 13.2 Å². The lowest BCUT2D eigenvalue weighted by atomic mass is 10.2. The van der Waals surface area contributed by atoms with Crippen molar-refractivity contribution >= 4 is 0 Å². The second-order valence-corrected chi connectivity index (χ2v) is 5.17. The zero-order valence-corrected chi connectivity index (χ0v) is 11.2. The molecule has 0 radical (unpaired) electrons. The molecule has 0 aromatic carbocycles. The van der Waals surface area contributed by atoms with Crippen molar-refractivity contribution < 1.29 is 13.2 Å². The number of piperazine rings is 1. The SMILES string of the molecule is CC1CN(C)CCN1Cc1nccn1CC(F)(F)F. The van der Waals surface area contributed by atoms with Crippen LogP contribution in [0.4, 0.5) is 13.2 Å². The van der Waals surface area contributed by atoms with Crippen molar-refractivity contribution in [3.8, 4) is 0 Å². The second kappa shape index (κ2) is 5.50. The Morgan fingerprint density at radius 3 is 2.74 bits per heavy atom. The Morgan fingerprint density at radius 1 is 1.37 bits per heavy atom. The van der Waals surface area contributed by atoms with Gasteiger partial charge in [0.1, 0.15) is 12.4 Å². The lowest BCUT2D eigenvalue weighted by molar-refractivity contribution is -0.141. The van der Waals surface area contributed by atoms with E-state index >= 15 is 0 Å². The predicted molar refractivity (Wildman–Crippen MR) is 65.7 cm³/mol. The van der Waals surface area contributed by atoms with Crippen molar-refractivity contribution in [1.29, 1.82) is 0 Å². The molecule has 0 N–H and O–H groups in total. The monoisotopic (exact) mass is 276 g/mol. The number of hydrogen-bond acceptors (Lipinski definition) is 3. The fraction of sp³-hybridized carbons (Fsp3) is 0.750. The molecule has 1 aliphatic rings. The molecule has 1 saturated heterocycles. The molecule has 4 nitrogen and oxygen atoms in total. The summed E-state index contributed by atoms with van der Waals surface area (Å²) in [6.07, 6.45) is -1.38. The van der Waals surface area contributed by atoms with Gasteiger partial charge < -0.3 is 9.47 Å². The van der Waals surface area contributed by atoms with Gasteiger partial charge in [0.25, 0.3) is 0 Å². The van der Waals surface area contributed by atoms with E-state index in [2.05, 4.69) is 28.8 Å². The van der Waals surface area contributed by atoms with Crippen LogP contribution < -0.4 is 0 Å². The van der Waals surface area contributed by atoms with Gasteiger partial charge in [-0.2, -0.15) is 13.2 Å². The Kier molecular flexibility index (Phi) is 4.15. The molecule has 0 aliphatic carbocycles. The Morgan fingerprint density at radius 2 is 2.11 bits per heavy atom. The van der Waals surface area contributed by atoms with Crippen LogP contribution >= 0.6 is 0 Å². The summed E-state index contributed by atoms with van der Waals surface area (Å²) in [4.78, 5) is 8.46. The van der Waals surface area contributed by atoms with Crippen LogP contribution in [-0.4, -0.2) is 58.3 Å². The van der Waals surface area contributed by atoms with E-state index in [0.29, 0.717) is 18.4 Å². The smallest absolute Gasteiger partial charge is 0.325 e. The van der Waals surface area contributed by atoms with Crippen LogP contribution in [0.15, 0.2) is 12.4 Å². The summed E-state index contributed by atoms with van der Waals surface area (Å²) in [6, 6.07) is 0.329. The van der Waals surface area contributed by atoms with Crippen LogP contribution in [0, 0.1) is 0 Å². The topological polar surface area (TPSA) is 24.3 Å². The van der Waals surface area contributed by atoms with Gasteiger partial charge in [-0.25, -0.2) is 4.98 Å². The third-order valence-electron chi connectivity index (χ3n) is 3.46. The van der Waals surface area contributed by atoms with E-state index in [1.54, 1.807) is 0 Å². The van der Waals surface area contributed by atoms with Gasteiger partial charge in [0, 0.05) is 38.1 Å². The number of likely N-dealkylation sites (N-methyl/N-ethyl adjacent to an activating group) is 1. The van der Waals surface area contributed by atoms with Crippen molar-refractivity contribution in [1.82, 2.24) is 19.4 Å². The quantitative estimate of drug-likeness (QED) is 0.838. The number of alkyl halides is 3. The zero-order chi connectivity index (χ0) is 14.0. The normalized spacial score (nSPS) is 22.9. The van der Waals surface area contributed by atoms with Crippen LogP contribution in [0.3, 0.4) is 0 Å². The third-order valence-corrected chi connectivity index (χ3v) is 3.46. The molecule has 1 atom stereocenters. The Labute approximate surface area is 110 Å². The highest BCUT2D eigenvalue weighted by Gasteiger charge is 2.29. The standard InChI is InChI=1S/C12H19F3N4/c1-10-7-17(2)5-6-18(10)8-11-16-3-4-19(11)9-12(13,14)15/h3-4,10H,5-9H2,1-2H3. The van der Waals surface area contributed by atoms with Gasteiger partial charge in [-0.05, 0) is 14.0 Å². The summed E-state index contributed by atoms with van der Waals surface area (Å²) in [7, 11) is 2.05. The zero-order valence-electron chi connectivity index (χ0n) is 11.2. The minimum Gasteiger partial charge on any atom is -0.325 e. The molecule has 108 valence electrons. The van der Waals surface area contributed by atoms with E-state index in [-0.39, 0.29) is 0 Å². The molecule has 1 unspecified atom stereocenters. The maximum Gasteiger partial charge on any atom is 0.406 e. The lowest BCUT2D eigenvalue weighted by Gasteiger charge is -2.38. The second-order valence-electron chi connectivity index (χ2n) is 5.17. The average molecular weight is 276 g/mol. The van der Waals surface area contributed by atoms with Crippen LogP contribution in [-0.2, 0) is 13.1 Å². The van der Waals surface area contributed by atoms with Gasteiger partial charge in [-0.15, -0.1) is 0 Å². The lowest BCUT2D eigenvalue weighted by Crippen LogP contribution is -2.50. The first-order chi connectivity index (χ1) is 8.85. The van der Waals surface area contributed by atoms with Crippen molar-refractivity contribution in [2.75, 3.05) is 26.7 Å². The Bertz CT molecular complexity index is 415. The Balaban J connectivity index is 2.01. The highest BCUT2D eigenvalue weighted by atomic mass is 19.4. The van der Waals surface area contributed by atoms with E-state index in [1.807, 2.05) is 0 Å². The first kappa shape index (κ1) is 14.3. The van der Waals surface area contributed by atoms with E-state index in [1.165, 1.54) is 17.0 Å². The summed E-state index contributed by atoms with van der Waals surface area (Å²) in [5.74, 6) is 0.480. The summed E-state index contributed by atoms with van der Waals surface area (Å²) >= 11 is 0.